The normalized spacial score (nSPS) is 10.2. The quantitative estimate of drug-likeness (QED) is 0.613. The third kappa shape index (κ3) is 4.21. The van der Waals surface area contributed by atoms with Crippen LogP contribution < -0.4 is 10.1 Å². The summed E-state index contributed by atoms with van der Waals surface area (Å²) in [6, 6.07) is 7.95. The minimum absolute atomic E-state index is 0.364. The van der Waals surface area contributed by atoms with Gasteiger partial charge in [0.25, 0.3) is 17.3 Å². The second-order valence-electron chi connectivity index (χ2n) is 4.75. The Morgan fingerprint density at radius 2 is 1.80 bits per heavy atom. The standard InChI is InChI=1S/C15H12ClN3O6/c1-2-25-11-5-3-9(4-6-11)17-15(20)12-7-10(18(21)22)8-13(14(12)16)19(23)24/h3-8H,2H2,1H3,(H,17,20). The molecule has 10 heteroatoms. The molecular weight excluding hydrogens is 354 g/mol. The van der Waals surface area contributed by atoms with Gasteiger partial charge in [-0.15, -0.1) is 0 Å². The van der Waals surface area contributed by atoms with Crippen LogP contribution in [0.25, 0.3) is 0 Å². The molecule has 2 aromatic carbocycles. The highest BCUT2D eigenvalue weighted by Gasteiger charge is 2.26. The number of nitro benzene ring substituents is 2. The van der Waals surface area contributed by atoms with Gasteiger partial charge in [0.15, 0.2) is 0 Å². The van der Waals surface area contributed by atoms with Gasteiger partial charge in [-0.05, 0) is 31.2 Å². The van der Waals surface area contributed by atoms with E-state index in [4.69, 9.17) is 16.3 Å². The van der Waals surface area contributed by atoms with Crippen LogP contribution in [-0.4, -0.2) is 22.4 Å². The largest absolute Gasteiger partial charge is 0.494 e. The number of hydrogen-bond donors (Lipinski definition) is 1. The monoisotopic (exact) mass is 365 g/mol. The summed E-state index contributed by atoms with van der Waals surface area (Å²) in [5, 5.41) is 23.9. The molecule has 0 bridgehead atoms. The molecule has 0 saturated heterocycles. The van der Waals surface area contributed by atoms with Crippen molar-refractivity contribution in [1.82, 2.24) is 0 Å². The zero-order valence-electron chi connectivity index (χ0n) is 12.9. The molecule has 2 rings (SSSR count). The molecule has 2 aromatic rings. The second-order valence-corrected chi connectivity index (χ2v) is 5.13. The zero-order valence-corrected chi connectivity index (χ0v) is 13.6. The van der Waals surface area contributed by atoms with Crippen molar-refractivity contribution in [3.8, 4) is 5.75 Å². The molecule has 1 amide bonds. The van der Waals surface area contributed by atoms with Crippen LogP contribution in [0.5, 0.6) is 5.75 Å². The molecule has 0 fully saturated rings. The molecule has 0 aliphatic rings. The number of ether oxygens (including phenoxy) is 1. The Morgan fingerprint density at radius 3 is 2.32 bits per heavy atom. The number of benzene rings is 2. The third-order valence-corrected chi connectivity index (χ3v) is 3.51. The van der Waals surface area contributed by atoms with E-state index in [1.54, 1.807) is 24.3 Å². The van der Waals surface area contributed by atoms with Gasteiger partial charge >= 0.3 is 0 Å². The molecule has 0 spiro atoms. The van der Waals surface area contributed by atoms with E-state index in [0.717, 1.165) is 6.07 Å². The van der Waals surface area contributed by atoms with Crippen LogP contribution in [0.4, 0.5) is 17.1 Å². The smallest absolute Gasteiger partial charge is 0.295 e. The Balaban J connectivity index is 2.34. The van der Waals surface area contributed by atoms with E-state index in [-0.39, 0.29) is 5.56 Å². The highest BCUT2D eigenvalue weighted by Crippen LogP contribution is 2.33. The van der Waals surface area contributed by atoms with E-state index in [1.165, 1.54) is 0 Å². The van der Waals surface area contributed by atoms with Gasteiger partial charge in [-0.25, -0.2) is 0 Å². The number of amides is 1. The first-order valence-corrected chi connectivity index (χ1v) is 7.37. The number of halogens is 1. The lowest BCUT2D eigenvalue weighted by atomic mass is 10.1. The number of nitrogens with zero attached hydrogens (tertiary/aromatic N) is 2. The van der Waals surface area contributed by atoms with Crippen LogP contribution in [0.2, 0.25) is 5.02 Å². The van der Waals surface area contributed by atoms with Crippen LogP contribution in [0, 0.1) is 20.2 Å². The number of non-ortho nitro benzene ring substituents is 1. The van der Waals surface area contributed by atoms with Crippen molar-refractivity contribution >= 4 is 34.6 Å². The lowest BCUT2D eigenvalue weighted by molar-refractivity contribution is -0.394. The van der Waals surface area contributed by atoms with E-state index in [0.29, 0.717) is 24.1 Å². The molecule has 0 heterocycles. The highest BCUT2D eigenvalue weighted by atomic mass is 35.5. The first-order valence-electron chi connectivity index (χ1n) is 7.00. The summed E-state index contributed by atoms with van der Waals surface area (Å²) in [4.78, 5) is 32.5. The topological polar surface area (TPSA) is 125 Å². The maximum atomic E-state index is 12.3. The van der Waals surface area contributed by atoms with Gasteiger partial charge in [0, 0.05) is 11.8 Å². The molecule has 25 heavy (non-hydrogen) atoms. The summed E-state index contributed by atoms with van der Waals surface area (Å²) < 4.78 is 5.27. The zero-order chi connectivity index (χ0) is 18.6. The number of rotatable bonds is 6. The number of hydrogen-bond acceptors (Lipinski definition) is 6. The first kappa shape index (κ1) is 18.1. The van der Waals surface area contributed by atoms with Crippen molar-refractivity contribution in [2.45, 2.75) is 6.92 Å². The van der Waals surface area contributed by atoms with Gasteiger partial charge < -0.3 is 10.1 Å². The molecule has 0 aromatic heterocycles. The van der Waals surface area contributed by atoms with E-state index in [2.05, 4.69) is 5.32 Å². The molecular formula is C15H12ClN3O6. The van der Waals surface area contributed by atoms with E-state index >= 15 is 0 Å². The molecule has 0 saturated carbocycles. The number of carbonyl (C=O) groups excluding carboxylic acids is 1. The molecule has 1 N–H and O–H groups in total. The Kier molecular flexibility index (Phi) is 5.50. The fraction of sp³-hybridized carbons (Fsp3) is 0.133. The third-order valence-electron chi connectivity index (χ3n) is 3.11. The number of carbonyl (C=O) groups is 1. The van der Waals surface area contributed by atoms with Crippen molar-refractivity contribution in [3.63, 3.8) is 0 Å². The molecule has 0 aliphatic heterocycles. The Hall–Kier alpha value is -3.20. The number of nitrogens with one attached hydrogen (secondary N) is 1. The van der Waals surface area contributed by atoms with Gasteiger partial charge in [-0.2, -0.15) is 0 Å². The minimum atomic E-state index is -0.886. The van der Waals surface area contributed by atoms with Crippen molar-refractivity contribution < 1.29 is 19.4 Å². The highest BCUT2D eigenvalue weighted by molar-refractivity contribution is 6.36. The number of anilines is 1. The molecule has 0 atom stereocenters. The summed E-state index contributed by atoms with van der Waals surface area (Å²) in [6.45, 7) is 2.31. The predicted octanol–water partition coefficient (Wildman–Crippen LogP) is 3.81. The fourth-order valence-electron chi connectivity index (χ4n) is 2.00. The Morgan fingerprint density at radius 1 is 1.16 bits per heavy atom. The second kappa shape index (κ2) is 7.58. The minimum Gasteiger partial charge on any atom is -0.494 e. The average Bonchev–Trinajstić information content (AvgIpc) is 2.56. The van der Waals surface area contributed by atoms with Gasteiger partial charge in [0.1, 0.15) is 10.8 Å². The van der Waals surface area contributed by atoms with Crippen molar-refractivity contribution in [1.29, 1.82) is 0 Å². The molecule has 9 nitrogen and oxygen atoms in total. The maximum absolute atomic E-state index is 12.3. The lowest BCUT2D eigenvalue weighted by Crippen LogP contribution is -2.13. The fourth-order valence-corrected chi connectivity index (χ4v) is 2.26. The summed E-state index contributed by atoms with van der Waals surface area (Å²) >= 11 is 5.86. The van der Waals surface area contributed by atoms with Gasteiger partial charge in [-0.1, -0.05) is 11.6 Å². The van der Waals surface area contributed by atoms with Crippen molar-refractivity contribution in [2.24, 2.45) is 0 Å². The molecule has 130 valence electrons. The van der Waals surface area contributed by atoms with Crippen LogP contribution in [-0.2, 0) is 0 Å². The summed E-state index contributed by atoms with van der Waals surface area (Å²) in [7, 11) is 0. The summed E-state index contributed by atoms with van der Waals surface area (Å²) in [5.74, 6) is -0.203. The molecule has 0 aliphatic carbocycles. The van der Waals surface area contributed by atoms with Crippen LogP contribution in [0.15, 0.2) is 36.4 Å². The molecule has 0 unspecified atom stereocenters. The van der Waals surface area contributed by atoms with E-state index in [9.17, 15) is 25.0 Å². The average molecular weight is 366 g/mol. The maximum Gasteiger partial charge on any atom is 0.295 e. The summed E-state index contributed by atoms with van der Waals surface area (Å²) in [5.41, 5.74) is -1.31. The predicted molar refractivity (Wildman–Crippen MR) is 90.3 cm³/mol. The summed E-state index contributed by atoms with van der Waals surface area (Å²) in [6.07, 6.45) is 0. The Bertz CT molecular complexity index is 838. The lowest BCUT2D eigenvalue weighted by Gasteiger charge is -2.08. The number of nitro groups is 2. The SMILES string of the molecule is CCOc1ccc(NC(=O)c2cc([N+](=O)[O-])cc([N+](=O)[O-])c2Cl)cc1. The van der Waals surface area contributed by atoms with Crippen molar-refractivity contribution in [2.75, 3.05) is 11.9 Å². The Labute approximate surface area is 146 Å². The van der Waals surface area contributed by atoms with Crippen LogP contribution in [0.3, 0.4) is 0 Å². The van der Waals surface area contributed by atoms with Crippen LogP contribution in [0.1, 0.15) is 17.3 Å². The van der Waals surface area contributed by atoms with E-state index < -0.39 is 32.2 Å². The van der Waals surface area contributed by atoms with Gasteiger partial charge in [-0.3, -0.25) is 25.0 Å². The van der Waals surface area contributed by atoms with E-state index in [1.807, 2.05) is 6.92 Å². The first-order chi connectivity index (χ1) is 11.8. The van der Waals surface area contributed by atoms with Gasteiger partial charge in [0.2, 0.25) is 0 Å². The van der Waals surface area contributed by atoms with Gasteiger partial charge in [0.05, 0.1) is 28.1 Å². The van der Waals surface area contributed by atoms with Crippen LogP contribution >= 0.6 is 11.6 Å². The molecule has 0 radical (unpaired) electrons. The van der Waals surface area contributed by atoms with Crippen molar-refractivity contribution in [3.05, 3.63) is 67.2 Å².